The topological polar surface area (TPSA) is 87.5 Å². The third kappa shape index (κ3) is 3.76. The van der Waals surface area contributed by atoms with Crippen LogP contribution in [0.25, 0.3) is 0 Å². The molecule has 0 aliphatic rings. The van der Waals surface area contributed by atoms with Gasteiger partial charge in [0.15, 0.2) is 0 Å². The lowest BCUT2D eigenvalue weighted by Crippen LogP contribution is -2.07. The van der Waals surface area contributed by atoms with Crippen LogP contribution in [0.5, 0.6) is 0 Å². The van der Waals surface area contributed by atoms with Crippen LogP contribution < -0.4 is 0 Å². The number of hydrogen-bond donors (Lipinski definition) is 2. The van der Waals surface area contributed by atoms with Gasteiger partial charge in [0.2, 0.25) is 0 Å². The minimum atomic E-state index is -1.23. The maximum Gasteiger partial charge on any atom is 0.354 e. The van der Waals surface area contributed by atoms with Gasteiger partial charge in [0.1, 0.15) is 11.4 Å². The van der Waals surface area contributed by atoms with Gasteiger partial charge in [0, 0.05) is 0 Å². The van der Waals surface area contributed by atoms with E-state index in [1.165, 1.54) is 12.1 Å². The van der Waals surface area contributed by atoms with Gasteiger partial charge in [-0.3, -0.25) is 0 Å². The second-order valence-corrected chi connectivity index (χ2v) is 2.53. The zero-order valence-corrected chi connectivity index (χ0v) is 8.81. The minimum absolute atomic E-state index is 0.252. The van der Waals surface area contributed by atoms with Crippen molar-refractivity contribution >= 4 is 11.9 Å². The Morgan fingerprint density at radius 2 is 1.40 bits per heavy atom. The quantitative estimate of drug-likeness (QED) is 0.778. The fourth-order valence-corrected chi connectivity index (χ4v) is 0.886. The maximum atomic E-state index is 10.5. The summed E-state index contributed by atoms with van der Waals surface area (Å²) in [6.45, 7) is 5.61. The molecule has 0 radical (unpaired) electrons. The van der Waals surface area contributed by atoms with Crippen LogP contribution in [0.3, 0.4) is 0 Å². The van der Waals surface area contributed by atoms with Gasteiger partial charge < -0.3 is 10.2 Å². The minimum Gasteiger partial charge on any atom is -0.477 e. The Morgan fingerprint density at radius 1 is 1.07 bits per heavy atom. The van der Waals surface area contributed by atoms with E-state index in [0.29, 0.717) is 5.56 Å². The van der Waals surface area contributed by atoms with Crippen LogP contribution >= 0.6 is 0 Å². The van der Waals surface area contributed by atoms with E-state index in [4.69, 9.17) is 10.2 Å². The molecule has 0 spiro atoms. The molecule has 0 saturated heterocycles. The van der Waals surface area contributed by atoms with Crippen LogP contribution in [0, 0.1) is 6.92 Å². The SMILES string of the molecule is CC.Cc1cc(C(=O)O)nc(C(=O)O)c1. The van der Waals surface area contributed by atoms with E-state index in [2.05, 4.69) is 4.98 Å². The zero-order valence-electron chi connectivity index (χ0n) is 8.81. The molecular weight excluding hydrogens is 198 g/mol. The van der Waals surface area contributed by atoms with E-state index in [9.17, 15) is 9.59 Å². The molecule has 0 aromatic carbocycles. The molecule has 1 aromatic heterocycles. The van der Waals surface area contributed by atoms with Crippen molar-refractivity contribution in [2.45, 2.75) is 20.8 Å². The van der Waals surface area contributed by atoms with Gasteiger partial charge in [0.05, 0.1) is 0 Å². The van der Waals surface area contributed by atoms with Crippen LogP contribution in [-0.2, 0) is 0 Å². The number of pyridine rings is 1. The highest BCUT2D eigenvalue weighted by atomic mass is 16.4. The van der Waals surface area contributed by atoms with Crippen molar-refractivity contribution in [1.82, 2.24) is 4.98 Å². The Bertz CT molecular complexity index is 341. The first-order chi connectivity index (χ1) is 7.00. The molecule has 1 aromatic rings. The predicted octanol–water partition coefficient (Wildman–Crippen LogP) is 1.81. The van der Waals surface area contributed by atoms with Crippen molar-refractivity contribution in [3.63, 3.8) is 0 Å². The summed E-state index contributed by atoms with van der Waals surface area (Å²) in [6.07, 6.45) is 0. The molecule has 0 bridgehead atoms. The summed E-state index contributed by atoms with van der Waals surface area (Å²) in [6, 6.07) is 2.63. The number of aromatic nitrogens is 1. The molecular formula is C10H13NO4. The number of carbonyl (C=O) groups is 2. The predicted molar refractivity (Wildman–Crippen MR) is 54.2 cm³/mol. The summed E-state index contributed by atoms with van der Waals surface area (Å²) in [7, 11) is 0. The Hall–Kier alpha value is -1.91. The van der Waals surface area contributed by atoms with Crippen LogP contribution in [0.4, 0.5) is 0 Å². The normalized spacial score (nSPS) is 8.73. The molecule has 0 saturated carbocycles. The highest BCUT2D eigenvalue weighted by molar-refractivity contribution is 5.90. The molecule has 1 heterocycles. The number of aromatic carboxylic acids is 2. The summed E-state index contributed by atoms with van der Waals surface area (Å²) in [5.74, 6) is -2.46. The number of carboxylic acids is 2. The summed E-state index contributed by atoms with van der Waals surface area (Å²) >= 11 is 0. The lowest BCUT2D eigenvalue weighted by atomic mass is 10.2. The highest BCUT2D eigenvalue weighted by Crippen LogP contribution is 2.05. The van der Waals surface area contributed by atoms with E-state index >= 15 is 0 Å². The van der Waals surface area contributed by atoms with Crippen LogP contribution in [0.2, 0.25) is 0 Å². The van der Waals surface area contributed by atoms with Gasteiger partial charge in [-0.1, -0.05) is 13.8 Å². The zero-order chi connectivity index (χ0) is 12.0. The van der Waals surface area contributed by atoms with Gasteiger partial charge in [-0.05, 0) is 24.6 Å². The van der Waals surface area contributed by atoms with Crippen molar-refractivity contribution in [1.29, 1.82) is 0 Å². The van der Waals surface area contributed by atoms with Crippen LogP contribution in [0.15, 0.2) is 12.1 Å². The molecule has 15 heavy (non-hydrogen) atoms. The number of rotatable bonds is 2. The Morgan fingerprint density at radius 3 is 1.67 bits per heavy atom. The first-order valence-electron chi connectivity index (χ1n) is 4.46. The molecule has 1 rings (SSSR count). The Labute approximate surface area is 87.4 Å². The van der Waals surface area contributed by atoms with Crippen molar-refractivity contribution in [2.24, 2.45) is 0 Å². The number of carboxylic acid groups (broad SMARTS) is 2. The molecule has 0 unspecified atom stereocenters. The molecule has 0 aliphatic carbocycles. The number of aryl methyl sites for hydroxylation is 1. The Kier molecular flexibility index (Phi) is 5.01. The average molecular weight is 211 g/mol. The average Bonchev–Trinajstić information content (AvgIpc) is 2.19. The summed E-state index contributed by atoms with van der Waals surface area (Å²) in [4.78, 5) is 24.4. The summed E-state index contributed by atoms with van der Waals surface area (Å²) in [5, 5.41) is 17.1. The number of hydrogen-bond acceptors (Lipinski definition) is 3. The van der Waals surface area contributed by atoms with Gasteiger partial charge >= 0.3 is 11.9 Å². The van der Waals surface area contributed by atoms with Crippen molar-refractivity contribution in [3.05, 3.63) is 29.1 Å². The molecule has 82 valence electrons. The standard InChI is InChI=1S/C8H7NO4.C2H6/c1-4-2-5(7(10)11)9-6(3-4)8(12)13;1-2/h2-3H,1H3,(H,10,11)(H,12,13);1-2H3. The second-order valence-electron chi connectivity index (χ2n) is 2.53. The molecule has 5 heteroatoms. The van der Waals surface area contributed by atoms with Crippen molar-refractivity contribution in [3.8, 4) is 0 Å². The molecule has 0 amide bonds. The highest BCUT2D eigenvalue weighted by Gasteiger charge is 2.11. The van der Waals surface area contributed by atoms with E-state index < -0.39 is 11.9 Å². The largest absolute Gasteiger partial charge is 0.477 e. The number of nitrogens with zero attached hydrogens (tertiary/aromatic N) is 1. The maximum absolute atomic E-state index is 10.5. The lowest BCUT2D eigenvalue weighted by Gasteiger charge is -1.98. The van der Waals surface area contributed by atoms with E-state index in [0.717, 1.165) is 0 Å². The molecule has 2 N–H and O–H groups in total. The van der Waals surface area contributed by atoms with Gasteiger partial charge in [0.25, 0.3) is 0 Å². The van der Waals surface area contributed by atoms with E-state index in [1.807, 2.05) is 13.8 Å². The molecule has 5 nitrogen and oxygen atoms in total. The first-order valence-corrected chi connectivity index (χ1v) is 4.46. The van der Waals surface area contributed by atoms with Gasteiger partial charge in [-0.2, -0.15) is 0 Å². The molecule has 0 aliphatic heterocycles. The fraction of sp³-hybridized carbons (Fsp3) is 0.300. The summed E-state index contributed by atoms with van der Waals surface area (Å²) < 4.78 is 0. The third-order valence-electron chi connectivity index (χ3n) is 1.41. The van der Waals surface area contributed by atoms with E-state index in [-0.39, 0.29) is 11.4 Å². The van der Waals surface area contributed by atoms with Gasteiger partial charge in [-0.15, -0.1) is 0 Å². The van der Waals surface area contributed by atoms with E-state index in [1.54, 1.807) is 6.92 Å². The smallest absolute Gasteiger partial charge is 0.354 e. The molecule has 0 fully saturated rings. The van der Waals surface area contributed by atoms with Crippen LogP contribution in [-0.4, -0.2) is 27.1 Å². The third-order valence-corrected chi connectivity index (χ3v) is 1.41. The molecule has 0 atom stereocenters. The Balaban J connectivity index is 0.000000921. The van der Waals surface area contributed by atoms with Gasteiger partial charge in [-0.25, -0.2) is 14.6 Å². The van der Waals surface area contributed by atoms with Crippen LogP contribution in [0.1, 0.15) is 40.4 Å². The summed E-state index contributed by atoms with van der Waals surface area (Å²) in [5.41, 5.74) is 0.0552. The fourth-order valence-electron chi connectivity index (χ4n) is 0.886. The lowest BCUT2D eigenvalue weighted by molar-refractivity contribution is 0.0685. The monoisotopic (exact) mass is 211 g/mol. The second kappa shape index (κ2) is 5.74. The van der Waals surface area contributed by atoms with Crippen molar-refractivity contribution in [2.75, 3.05) is 0 Å². The van der Waals surface area contributed by atoms with Crippen molar-refractivity contribution < 1.29 is 19.8 Å². The first kappa shape index (κ1) is 13.1.